The van der Waals surface area contributed by atoms with Gasteiger partial charge in [0.25, 0.3) is 0 Å². The van der Waals surface area contributed by atoms with Crippen molar-refractivity contribution in [2.24, 2.45) is 0 Å². The zero-order chi connectivity index (χ0) is 19.2. The SMILES string of the molecule is Cc1cc(S(=O)(=O)N2CCN(Cc3cn4cc(Br)ccc4n3)CC2)c(C)s1. The summed E-state index contributed by atoms with van der Waals surface area (Å²) in [5.41, 5.74) is 1.91. The van der Waals surface area contributed by atoms with E-state index in [1.54, 1.807) is 10.4 Å². The van der Waals surface area contributed by atoms with Crippen molar-refractivity contribution in [2.45, 2.75) is 25.3 Å². The number of nitrogens with zero attached hydrogens (tertiary/aromatic N) is 4. The molecule has 9 heteroatoms. The average molecular weight is 469 g/mol. The van der Waals surface area contributed by atoms with Crippen LogP contribution in [0.4, 0.5) is 0 Å². The number of hydrogen-bond donors (Lipinski definition) is 0. The van der Waals surface area contributed by atoms with Crippen molar-refractivity contribution < 1.29 is 8.42 Å². The maximum Gasteiger partial charge on any atom is 0.244 e. The van der Waals surface area contributed by atoms with Gasteiger partial charge in [-0.25, -0.2) is 13.4 Å². The number of piperazine rings is 1. The molecule has 0 aromatic carbocycles. The minimum absolute atomic E-state index is 0.462. The maximum atomic E-state index is 12.9. The number of fused-ring (bicyclic) bond motifs is 1. The Hall–Kier alpha value is -1.26. The summed E-state index contributed by atoms with van der Waals surface area (Å²) in [6.07, 6.45) is 4.02. The van der Waals surface area contributed by atoms with E-state index in [2.05, 4.69) is 25.8 Å². The number of pyridine rings is 1. The second kappa shape index (κ2) is 7.29. The van der Waals surface area contributed by atoms with Crippen molar-refractivity contribution >= 4 is 42.9 Å². The van der Waals surface area contributed by atoms with Gasteiger partial charge < -0.3 is 4.40 Å². The van der Waals surface area contributed by atoms with E-state index in [4.69, 9.17) is 0 Å². The Labute approximate surface area is 171 Å². The lowest BCUT2D eigenvalue weighted by molar-refractivity contribution is 0.180. The van der Waals surface area contributed by atoms with E-state index < -0.39 is 10.0 Å². The minimum Gasteiger partial charge on any atom is -0.306 e. The second-order valence-electron chi connectivity index (χ2n) is 6.80. The first kappa shape index (κ1) is 19.1. The van der Waals surface area contributed by atoms with E-state index in [-0.39, 0.29) is 0 Å². The molecule has 27 heavy (non-hydrogen) atoms. The Bertz CT molecular complexity index is 1080. The lowest BCUT2D eigenvalue weighted by Gasteiger charge is -2.33. The maximum absolute atomic E-state index is 12.9. The van der Waals surface area contributed by atoms with Crippen molar-refractivity contribution in [1.29, 1.82) is 0 Å². The second-order valence-corrected chi connectivity index (χ2v) is 11.1. The number of thiophene rings is 1. The van der Waals surface area contributed by atoms with E-state index in [1.165, 1.54) is 11.3 Å². The summed E-state index contributed by atoms with van der Waals surface area (Å²) in [7, 11) is -3.40. The van der Waals surface area contributed by atoms with Crippen LogP contribution in [0.25, 0.3) is 5.65 Å². The molecule has 3 aromatic heterocycles. The van der Waals surface area contributed by atoms with Gasteiger partial charge >= 0.3 is 0 Å². The Morgan fingerprint density at radius 2 is 1.89 bits per heavy atom. The minimum atomic E-state index is -3.40. The van der Waals surface area contributed by atoms with Crippen LogP contribution in [0.3, 0.4) is 0 Å². The molecule has 144 valence electrons. The third kappa shape index (κ3) is 3.84. The van der Waals surface area contributed by atoms with E-state index in [9.17, 15) is 8.42 Å². The Balaban J connectivity index is 1.43. The van der Waals surface area contributed by atoms with Crippen LogP contribution in [0, 0.1) is 13.8 Å². The number of sulfonamides is 1. The zero-order valence-electron chi connectivity index (χ0n) is 15.2. The number of aromatic nitrogens is 2. The fraction of sp³-hybridized carbons (Fsp3) is 0.389. The fourth-order valence-electron chi connectivity index (χ4n) is 3.45. The van der Waals surface area contributed by atoms with E-state index in [1.807, 2.05) is 42.8 Å². The highest BCUT2D eigenvalue weighted by atomic mass is 79.9. The highest BCUT2D eigenvalue weighted by molar-refractivity contribution is 9.10. The molecule has 6 nitrogen and oxygen atoms in total. The van der Waals surface area contributed by atoms with Crippen molar-refractivity contribution in [2.75, 3.05) is 26.2 Å². The molecule has 0 spiro atoms. The topological polar surface area (TPSA) is 57.9 Å². The van der Waals surface area contributed by atoms with Crippen LogP contribution in [0.2, 0.25) is 0 Å². The van der Waals surface area contributed by atoms with Gasteiger partial charge in [-0.2, -0.15) is 4.31 Å². The van der Waals surface area contributed by atoms with Crippen LogP contribution in [0.5, 0.6) is 0 Å². The molecule has 3 aromatic rings. The van der Waals surface area contributed by atoms with Crippen LogP contribution >= 0.6 is 27.3 Å². The molecular formula is C18H21BrN4O2S2. The molecule has 1 fully saturated rings. The van der Waals surface area contributed by atoms with Crippen LogP contribution in [-0.2, 0) is 16.6 Å². The van der Waals surface area contributed by atoms with E-state index >= 15 is 0 Å². The molecule has 0 bridgehead atoms. The summed E-state index contributed by atoms with van der Waals surface area (Å²) < 4.78 is 30.5. The third-order valence-electron chi connectivity index (χ3n) is 4.79. The summed E-state index contributed by atoms with van der Waals surface area (Å²) in [5, 5.41) is 0. The third-order valence-corrected chi connectivity index (χ3v) is 8.38. The predicted molar refractivity (Wildman–Crippen MR) is 111 cm³/mol. The molecule has 4 heterocycles. The summed E-state index contributed by atoms with van der Waals surface area (Å²) in [4.78, 5) is 9.27. The van der Waals surface area contributed by atoms with Gasteiger partial charge in [-0.05, 0) is 48.0 Å². The predicted octanol–water partition coefficient (Wildman–Crippen LogP) is 3.28. The molecular weight excluding hydrogens is 448 g/mol. The first-order valence-electron chi connectivity index (χ1n) is 8.75. The molecule has 0 amide bonds. The Morgan fingerprint density at radius 1 is 1.15 bits per heavy atom. The zero-order valence-corrected chi connectivity index (χ0v) is 18.4. The fourth-order valence-corrected chi connectivity index (χ4v) is 6.75. The molecule has 0 saturated carbocycles. The summed E-state index contributed by atoms with van der Waals surface area (Å²) in [6.45, 7) is 6.98. The number of halogens is 1. The number of rotatable bonds is 4. The van der Waals surface area contributed by atoms with E-state index in [0.717, 1.165) is 32.1 Å². The van der Waals surface area contributed by atoms with Crippen LogP contribution < -0.4 is 0 Å². The number of aryl methyl sites for hydroxylation is 2. The van der Waals surface area contributed by atoms with Crippen molar-refractivity contribution in [3.8, 4) is 0 Å². The first-order valence-corrected chi connectivity index (χ1v) is 11.8. The van der Waals surface area contributed by atoms with Gasteiger partial charge in [0.15, 0.2) is 0 Å². The van der Waals surface area contributed by atoms with Gasteiger partial charge in [-0.3, -0.25) is 4.90 Å². The molecule has 0 radical (unpaired) electrons. The lowest BCUT2D eigenvalue weighted by Crippen LogP contribution is -2.48. The average Bonchev–Trinajstić information content (AvgIpc) is 3.17. The first-order chi connectivity index (χ1) is 12.8. The summed E-state index contributed by atoms with van der Waals surface area (Å²) in [5.74, 6) is 0. The smallest absolute Gasteiger partial charge is 0.244 e. The quantitative estimate of drug-likeness (QED) is 0.589. The van der Waals surface area contributed by atoms with Gasteiger partial charge in [0, 0.05) is 59.3 Å². The standard InChI is InChI=1S/C18H21BrN4O2S2/c1-13-9-17(14(2)26-13)27(24,25)23-7-5-21(6-8-23)11-16-12-22-10-15(19)3-4-18(22)20-16/h3-4,9-10,12H,5-8,11H2,1-2H3. The van der Waals surface area contributed by atoms with Crippen molar-refractivity contribution in [3.05, 3.63) is 50.5 Å². The molecule has 1 aliphatic rings. The Morgan fingerprint density at radius 3 is 2.56 bits per heavy atom. The summed E-state index contributed by atoms with van der Waals surface area (Å²) in [6, 6.07) is 5.74. The molecule has 0 aliphatic carbocycles. The number of imidazole rings is 1. The molecule has 0 N–H and O–H groups in total. The van der Waals surface area contributed by atoms with Crippen LogP contribution in [0.15, 0.2) is 40.0 Å². The lowest BCUT2D eigenvalue weighted by atomic mass is 10.3. The molecule has 4 rings (SSSR count). The normalized spacial score (nSPS) is 17.0. The van der Waals surface area contributed by atoms with Crippen LogP contribution in [0.1, 0.15) is 15.4 Å². The molecule has 1 saturated heterocycles. The monoisotopic (exact) mass is 468 g/mol. The molecule has 1 aliphatic heterocycles. The van der Waals surface area contributed by atoms with Gasteiger partial charge in [-0.15, -0.1) is 11.3 Å². The number of hydrogen-bond acceptors (Lipinski definition) is 5. The van der Waals surface area contributed by atoms with Gasteiger partial charge in [-0.1, -0.05) is 0 Å². The Kier molecular flexibility index (Phi) is 5.15. The summed E-state index contributed by atoms with van der Waals surface area (Å²) >= 11 is 5.01. The van der Waals surface area contributed by atoms with Crippen molar-refractivity contribution in [3.63, 3.8) is 0 Å². The van der Waals surface area contributed by atoms with Gasteiger partial charge in [0.2, 0.25) is 10.0 Å². The van der Waals surface area contributed by atoms with Crippen molar-refractivity contribution in [1.82, 2.24) is 18.6 Å². The largest absolute Gasteiger partial charge is 0.306 e. The van der Waals surface area contributed by atoms with Gasteiger partial charge in [0.1, 0.15) is 5.65 Å². The molecule has 0 atom stereocenters. The molecule has 0 unspecified atom stereocenters. The highest BCUT2D eigenvalue weighted by Crippen LogP contribution is 2.28. The van der Waals surface area contributed by atoms with Gasteiger partial charge in [0.05, 0.1) is 10.6 Å². The van der Waals surface area contributed by atoms with Crippen LogP contribution in [-0.4, -0.2) is 53.2 Å². The van der Waals surface area contributed by atoms with E-state index in [0.29, 0.717) is 31.1 Å². The highest BCUT2D eigenvalue weighted by Gasteiger charge is 2.30.